The summed E-state index contributed by atoms with van der Waals surface area (Å²) in [5.41, 5.74) is 4.96. The summed E-state index contributed by atoms with van der Waals surface area (Å²) < 4.78 is 1.86. The molecule has 0 heterocycles. The molecule has 0 saturated heterocycles. The molecule has 156 valence electrons. The number of allylic oxidation sites excluding steroid dienone is 2. The highest BCUT2D eigenvalue weighted by molar-refractivity contribution is 9.10. The van der Waals surface area contributed by atoms with Crippen LogP contribution >= 0.6 is 31.9 Å². The quantitative estimate of drug-likeness (QED) is 0.176. The Morgan fingerprint density at radius 2 is 0.938 bits per heavy atom. The third-order valence-corrected chi connectivity index (χ3v) is 5.97. The maximum absolute atomic E-state index is 14.1. The van der Waals surface area contributed by atoms with E-state index in [4.69, 9.17) is 0 Å². The number of hydrogen-bond acceptors (Lipinski definition) is 1. The molecule has 4 aromatic rings. The number of benzene rings is 4. The van der Waals surface area contributed by atoms with Crippen LogP contribution < -0.4 is 0 Å². The summed E-state index contributed by atoms with van der Waals surface area (Å²) >= 11 is 7.10. The number of Topliss-reactive ketones (excluding diaryl/α,β-unsaturated/α-hetero) is 1. The van der Waals surface area contributed by atoms with Crippen LogP contribution in [0.5, 0.6) is 0 Å². The summed E-state index contributed by atoms with van der Waals surface area (Å²) in [4.78, 5) is 14.1. The van der Waals surface area contributed by atoms with Crippen molar-refractivity contribution in [1.29, 1.82) is 0 Å². The molecule has 1 nitrogen and oxygen atoms in total. The SMILES string of the molecule is O=C(C(=Cc1ccccc1)c1cccc(Br)c1)C(=Cc1ccccc1)c1cccc(Br)c1. The first-order valence-electron chi connectivity index (χ1n) is 10.2. The Bertz CT molecular complexity index is 1190. The Kier molecular flexibility index (Phi) is 7.31. The van der Waals surface area contributed by atoms with Gasteiger partial charge in [0.15, 0.2) is 5.78 Å². The van der Waals surface area contributed by atoms with Gasteiger partial charge in [0.1, 0.15) is 0 Å². The molecule has 0 bridgehead atoms. The van der Waals surface area contributed by atoms with Crippen LogP contribution in [0.3, 0.4) is 0 Å². The van der Waals surface area contributed by atoms with Crippen LogP contribution in [0.1, 0.15) is 22.3 Å². The first-order chi connectivity index (χ1) is 15.6. The highest BCUT2D eigenvalue weighted by Crippen LogP contribution is 2.31. The second-order valence-electron chi connectivity index (χ2n) is 7.29. The van der Waals surface area contributed by atoms with Crippen molar-refractivity contribution < 1.29 is 4.79 Å². The second-order valence-corrected chi connectivity index (χ2v) is 9.12. The molecule has 0 aliphatic heterocycles. The van der Waals surface area contributed by atoms with Gasteiger partial charge >= 0.3 is 0 Å². The van der Waals surface area contributed by atoms with Gasteiger partial charge in [0.2, 0.25) is 0 Å². The summed E-state index contributed by atoms with van der Waals surface area (Å²) in [6, 6.07) is 35.6. The van der Waals surface area contributed by atoms with Crippen LogP contribution in [0.25, 0.3) is 23.3 Å². The van der Waals surface area contributed by atoms with Crippen molar-refractivity contribution in [2.24, 2.45) is 0 Å². The van der Waals surface area contributed by atoms with Crippen molar-refractivity contribution in [2.75, 3.05) is 0 Å². The van der Waals surface area contributed by atoms with Crippen molar-refractivity contribution in [3.8, 4) is 0 Å². The minimum absolute atomic E-state index is 0.0334. The van der Waals surface area contributed by atoms with E-state index in [1.165, 1.54) is 0 Å². The van der Waals surface area contributed by atoms with E-state index in [1.807, 2.05) is 121 Å². The summed E-state index contributed by atoms with van der Waals surface area (Å²) in [6.07, 6.45) is 3.92. The molecule has 32 heavy (non-hydrogen) atoms. The Morgan fingerprint density at radius 3 is 1.31 bits per heavy atom. The molecule has 0 radical (unpaired) electrons. The third kappa shape index (κ3) is 5.61. The second kappa shape index (κ2) is 10.5. The van der Waals surface area contributed by atoms with Gasteiger partial charge in [-0.25, -0.2) is 0 Å². The monoisotopic (exact) mass is 542 g/mol. The normalized spacial score (nSPS) is 11.9. The Hall–Kier alpha value is -3.01. The predicted molar refractivity (Wildman–Crippen MR) is 142 cm³/mol. The van der Waals surface area contributed by atoms with Crippen molar-refractivity contribution in [3.63, 3.8) is 0 Å². The van der Waals surface area contributed by atoms with Crippen LogP contribution in [-0.2, 0) is 4.79 Å². The number of carbonyl (C=O) groups is 1. The summed E-state index contributed by atoms with van der Waals surface area (Å²) in [5, 5.41) is 0. The zero-order valence-corrected chi connectivity index (χ0v) is 20.4. The fourth-order valence-electron chi connectivity index (χ4n) is 3.45. The van der Waals surface area contributed by atoms with Crippen LogP contribution in [0.4, 0.5) is 0 Å². The third-order valence-electron chi connectivity index (χ3n) is 4.98. The highest BCUT2D eigenvalue weighted by Gasteiger charge is 2.19. The number of halogens is 2. The van der Waals surface area contributed by atoms with Gasteiger partial charge in [-0.2, -0.15) is 0 Å². The summed E-state index contributed by atoms with van der Waals surface area (Å²) in [7, 11) is 0. The zero-order chi connectivity index (χ0) is 22.3. The van der Waals surface area contributed by atoms with Gasteiger partial charge in [0, 0.05) is 20.1 Å². The molecule has 0 aromatic heterocycles. The number of carbonyl (C=O) groups excluding carboxylic acids is 1. The van der Waals surface area contributed by atoms with E-state index in [9.17, 15) is 4.79 Å². The standard InChI is InChI=1S/C29H20Br2O/c30-25-15-7-13-23(19-25)27(17-21-9-3-1-4-10-21)29(32)28(18-22-11-5-2-6-12-22)24-14-8-16-26(31)20-24/h1-20H. The molecule has 0 amide bonds. The first-order valence-corrected chi connectivity index (χ1v) is 11.8. The van der Waals surface area contributed by atoms with Gasteiger partial charge in [-0.15, -0.1) is 0 Å². The molecule has 4 aromatic carbocycles. The lowest BCUT2D eigenvalue weighted by atomic mass is 9.90. The van der Waals surface area contributed by atoms with Gasteiger partial charge < -0.3 is 0 Å². The van der Waals surface area contributed by atoms with Gasteiger partial charge in [0.25, 0.3) is 0 Å². The molecule has 0 fully saturated rings. The Morgan fingerprint density at radius 1 is 0.531 bits per heavy atom. The predicted octanol–water partition coefficient (Wildman–Crippen LogP) is 8.56. The van der Waals surface area contributed by atoms with E-state index in [2.05, 4.69) is 31.9 Å². The molecule has 3 heteroatoms. The average Bonchev–Trinajstić information content (AvgIpc) is 2.82. The molecular weight excluding hydrogens is 524 g/mol. The van der Waals surface area contributed by atoms with Crippen LogP contribution in [0.15, 0.2) is 118 Å². The lowest BCUT2D eigenvalue weighted by molar-refractivity contribution is -0.108. The Labute approximate surface area is 205 Å². The molecule has 0 N–H and O–H groups in total. The van der Waals surface area contributed by atoms with Crippen LogP contribution in [0.2, 0.25) is 0 Å². The topological polar surface area (TPSA) is 17.1 Å². The summed E-state index contributed by atoms with van der Waals surface area (Å²) in [6.45, 7) is 0. The van der Waals surface area contributed by atoms with Crippen molar-refractivity contribution in [2.45, 2.75) is 0 Å². The van der Waals surface area contributed by atoms with Gasteiger partial charge in [-0.1, -0.05) is 117 Å². The number of rotatable bonds is 6. The lowest BCUT2D eigenvalue weighted by Gasteiger charge is -2.13. The first kappa shape index (κ1) is 22.2. The van der Waals surface area contributed by atoms with Crippen molar-refractivity contribution >= 4 is 60.9 Å². The van der Waals surface area contributed by atoms with Crippen LogP contribution in [-0.4, -0.2) is 5.78 Å². The zero-order valence-electron chi connectivity index (χ0n) is 17.2. The van der Waals surface area contributed by atoms with Gasteiger partial charge in [-0.05, 0) is 58.7 Å². The van der Waals surface area contributed by atoms with Crippen LogP contribution in [0, 0.1) is 0 Å². The van der Waals surface area contributed by atoms with E-state index >= 15 is 0 Å². The fourth-order valence-corrected chi connectivity index (χ4v) is 4.25. The summed E-state index contributed by atoms with van der Waals surface area (Å²) in [5.74, 6) is -0.0334. The fraction of sp³-hybridized carbons (Fsp3) is 0. The van der Waals surface area contributed by atoms with Gasteiger partial charge in [0.05, 0.1) is 0 Å². The minimum atomic E-state index is -0.0334. The molecule has 4 rings (SSSR count). The van der Waals surface area contributed by atoms with E-state index in [1.54, 1.807) is 0 Å². The minimum Gasteiger partial charge on any atom is -0.289 e. The van der Waals surface area contributed by atoms with Gasteiger partial charge in [-0.3, -0.25) is 4.79 Å². The van der Waals surface area contributed by atoms with E-state index in [0.717, 1.165) is 31.2 Å². The number of ketones is 1. The maximum atomic E-state index is 14.1. The molecule has 0 spiro atoms. The van der Waals surface area contributed by atoms with E-state index in [-0.39, 0.29) is 5.78 Å². The molecule has 0 unspecified atom stereocenters. The Balaban J connectivity index is 1.90. The van der Waals surface area contributed by atoms with Crippen molar-refractivity contribution in [3.05, 3.63) is 140 Å². The van der Waals surface area contributed by atoms with E-state index in [0.29, 0.717) is 11.1 Å². The maximum Gasteiger partial charge on any atom is 0.194 e. The molecule has 0 aliphatic rings. The highest BCUT2D eigenvalue weighted by atomic mass is 79.9. The van der Waals surface area contributed by atoms with E-state index < -0.39 is 0 Å². The van der Waals surface area contributed by atoms with Crippen molar-refractivity contribution in [1.82, 2.24) is 0 Å². The lowest BCUT2D eigenvalue weighted by Crippen LogP contribution is -2.06. The average molecular weight is 544 g/mol. The largest absolute Gasteiger partial charge is 0.289 e. The molecule has 0 atom stereocenters. The number of hydrogen-bond donors (Lipinski definition) is 0. The molecule has 0 aliphatic carbocycles. The molecular formula is C29H20Br2O. The smallest absolute Gasteiger partial charge is 0.194 e. The molecule has 0 saturated carbocycles.